The molecule has 12 heteroatoms. The van der Waals surface area contributed by atoms with E-state index in [1.807, 2.05) is 6.92 Å². The first-order valence-electron chi connectivity index (χ1n) is 9.30. The van der Waals surface area contributed by atoms with Crippen molar-refractivity contribution in [2.75, 3.05) is 18.8 Å². The molecule has 3 heterocycles. The largest absolute Gasteiger partial charge is 0.368 e. The van der Waals surface area contributed by atoms with E-state index in [1.54, 1.807) is 28.6 Å². The van der Waals surface area contributed by atoms with Crippen molar-refractivity contribution in [3.8, 4) is 0 Å². The summed E-state index contributed by atoms with van der Waals surface area (Å²) >= 11 is 1.71. The number of hydrogen-bond donors (Lipinski definition) is 3. The highest BCUT2D eigenvalue weighted by Gasteiger charge is 2.36. The predicted molar refractivity (Wildman–Crippen MR) is 113 cm³/mol. The van der Waals surface area contributed by atoms with Gasteiger partial charge < -0.3 is 25.6 Å². The summed E-state index contributed by atoms with van der Waals surface area (Å²) in [7, 11) is 2.44. The quantitative estimate of drug-likeness (QED) is 0.377. The Labute approximate surface area is 176 Å². The maximum Gasteiger partial charge on any atom is 0.246 e. The third kappa shape index (κ3) is 6.71. The van der Waals surface area contributed by atoms with Gasteiger partial charge >= 0.3 is 0 Å². The van der Waals surface area contributed by atoms with Gasteiger partial charge in [0.05, 0.1) is 17.3 Å². The van der Waals surface area contributed by atoms with Gasteiger partial charge in [-0.2, -0.15) is 0 Å². The van der Waals surface area contributed by atoms with Crippen molar-refractivity contribution in [1.82, 2.24) is 24.9 Å². The molecule has 0 radical (unpaired) electrons. The average molecular weight is 442 g/mol. The number of amides is 4. The summed E-state index contributed by atoms with van der Waals surface area (Å²) in [5.41, 5.74) is 5.99. The molecule has 29 heavy (non-hydrogen) atoms. The van der Waals surface area contributed by atoms with Crippen LogP contribution in [0.2, 0.25) is 0 Å². The molecule has 0 spiro atoms. The number of rotatable bonds is 6. The zero-order valence-corrected chi connectivity index (χ0v) is 18.2. The van der Waals surface area contributed by atoms with Gasteiger partial charge in [0.1, 0.15) is 12.1 Å². The molecule has 0 aromatic carbocycles. The number of imidazole rings is 1. The SMILES string of the molecule is CC1SCCNC1=O.NC(=O)C1CCCN1C(=O)[C@H](Cc1cn(P)cn1)NC=O. The van der Waals surface area contributed by atoms with Gasteiger partial charge in [-0.15, -0.1) is 11.8 Å². The Kier molecular flexibility index (Phi) is 8.91. The van der Waals surface area contributed by atoms with Crippen molar-refractivity contribution in [3.63, 3.8) is 0 Å². The van der Waals surface area contributed by atoms with Gasteiger partial charge in [0.25, 0.3) is 0 Å². The van der Waals surface area contributed by atoms with Gasteiger partial charge in [0.2, 0.25) is 24.1 Å². The van der Waals surface area contributed by atoms with Crippen molar-refractivity contribution >= 4 is 45.3 Å². The molecule has 4 atom stereocenters. The highest BCUT2D eigenvalue weighted by Crippen LogP contribution is 2.19. The Hall–Kier alpha value is -2.13. The molecule has 2 aliphatic rings. The standard InChI is InChI=1S/C12H18N5O3P.C5H9NOS/c13-11(19)10-2-1-3-17(10)12(20)9(15-7-18)4-8-5-16(21)6-14-8;1-4-5(7)6-2-3-8-4/h5-7,9-10H,1-4,21H2,(H2,13,19)(H,15,18);4H,2-3H2,1H3,(H,6,7)/t9-,10?;/m0./s1. The monoisotopic (exact) mass is 442 g/mol. The topological polar surface area (TPSA) is 139 Å². The number of carbonyl (C=O) groups is 4. The summed E-state index contributed by atoms with van der Waals surface area (Å²) in [6.07, 6.45) is 5.37. The van der Waals surface area contributed by atoms with Crippen LogP contribution >= 0.6 is 21.2 Å². The molecule has 3 rings (SSSR count). The second-order valence-corrected chi connectivity index (χ2v) is 8.79. The number of nitrogens with zero attached hydrogens (tertiary/aromatic N) is 3. The van der Waals surface area contributed by atoms with Crippen LogP contribution in [0, 0.1) is 0 Å². The minimum atomic E-state index is -0.748. The lowest BCUT2D eigenvalue weighted by Crippen LogP contribution is -2.52. The highest BCUT2D eigenvalue weighted by molar-refractivity contribution is 8.00. The van der Waals surface area contributed by atoms with E-state index < -0.39 is 18.0 Å². The number of nitrogens with one attached hydrogen (secondary N) is 2. The summed E-state index contributed by atoms with van der Waals surface area (Å²) < 4.78 is 1.68. The fourth-order valence-electron chi connectivity index (χ4n) is 3.15. The number of hydrogen-bond acceptors (Lipinski definition) is 6. The molecule has 1 aromatic heterocycles. The van der Waals surface area contributed by atoms with E-state index in [4.69, 9.17) is 5.73 Å². The first-order chi connectivity index (χ1) is 13.8. The lowest BCUT2D eigenvalue weighted by atomic mass is 10.1. The van der Waals surface area contributed by atoms with Gasteiger partial charge in [0, 0.05) is 31.5 Å². The zero-order valence-electron chi connectivity index (χ0n) is 16.2. The Morgan fingerprint density at radius 3 is 2.83 bits per heavy atom. The highest BCUT2D eigenvalue weighted by atomic mass is 32.2. The van der Waals surface area contributed by atoms with E-state index in [2.05, 4.69) is 25.0 Å². The van der Waals surface area contributed by atoms with Crippen LogP contribution in [0.1, 0.15) is 25.5 Å². The third-order valence-electron chi connectivity index (χ3n) is 4.64. The Morgan fingerprint density at radius 2 is 2.31 bits per heavy atom. The summed E-state index contributed by atoms with van der Waals surface area (Å²) in [6, 6.07) is -1.34. The smallest absolute Gasteiger partial charge is 0.246 e. The predicted octanol–water partition coefficient (Wildman–Crippen LogP) is -1.11. The second-order valence-electron chi connectivity index (χ2n) is 6.75. The summed E-state index contributed by atoms with van der Waals surface area (Å²) in [6.45, 7) is 3.24. The van der Waals surface area contributed by atoms with Gasteiger partial charge in [-0.1, -0.05) is 0 Å². The fourth-order valence-corrected chi connectivity index (χ4v) is 4.20. The summed E-state index contributed by atoms with van der Waals surface area (Å²) in [5.74, 6) is 0.426. The van der Waals surface area contributed by atoms with Crippen LogP contribution in [0.3, 0.4) is 0 Å². The Morgan fingerprint density at radius 1 is 1.55 bits per heavy atom. The van der Waals surface area contributed by atoms with Crippen molar-refractivity contribution in [2.45, 2.75) is 43.5 Å². The third-order valence-corrected chi connectivity index (χ3v) is 6.07. The lowest BCUT2D eigenvalue weighted by molar-refractivity contribution is -0.139. The van der Waals surface area contributed by atoms with Crippen molar-refractivity contribution < 1.29 is 19.2 Å². The number of likely N-dealkylation sites (tertiary alicyclic amines) is 1. The van der Waals surface area contributed by atoms with Crippen LogP contribution in [-0.4, -0.2) is 74.5 Å². The van der Waals surface area contributed by atoms with Gasteiger partial charge in [-0.25, -0.2) is 4.98 Å². The molecular formula is C17H27N6O4PS. The second kappa shape index (κ2) is 11.2. The molecule has 0 bridgehead atoms. The van der Waals surface area contributed by atoms with E-state index in [0.29, 0.717) is 25.1 Å². The number of aromatic nitrogens is 2. The number of thioether (sulfide) groups is 1. The molecule has 0 aliphatic carbocycles. The molecule has 2 fully saturated rings. The maximum absolute atomic E-state index is 12.5. The van der Waals surface area contributed by atoms with Crippen LogP contribution in [0.25, 0.3) is 0 Å². The molecule has 10 nitrogen and oxygen atoms in total. The number of carbonyl (C=O) groups excluding carboxylic acids is 4. The normalized spacial score (nSPS) is 22.1. The van der Waals surface area contributed by atoms with E-state index in [9.17, 15) is 19.2 Å². The first kappa shape index (κ1) is 23.2. The summed E-state index contributed by atoms with van der Waals surface area (Å²) in [5, 5.41) is 5.44. The number of primary amides is 1. The first-order valence-corrected chi connectivity index (χ1v) is 10.9. The van der Waals surface area contributed by atoms with Gasteiger partial charge in [0.15, 0.2) is 0 Å². The van der Waals surface area contributed by atoms with E-state index in [1.165, 1.54) is 4.90 Å². The van der Waals surface area contributed by atoms with Crippen LogP contribution in [0.4, 0.5) is 0 Å². The van der Waals surface area contributed by atoms with Crippen LogP contribution < -0.4 is 16.4 Å². The molecule has 4 amide bonds. The Balaban J connectivity index is 0.000000313. The summed E-state index contributed by atoms with van der Waals surface area (Å²) in [4.78, 5) is 50.9. The minimum Gasteiger partial charge on any atom is -0.368 e. The van der Waals surface area contributed by atoms with Crippen LogP contribution in [0.15, 0.2) is 12.5 Å². The molecule has 160 valence electrons. The minimum absolute atomic E-state index is 0.170. The van der Waals surface area contributed by atoms with Crippen molar-refractivity contribution in [3.05, 3.63) is 18.2 Å². The molecule has 1 aromatic rings. The molecule has 4 N–H and O–H groups in total. The molecule has 3 unspecified atom stereocenters. The van der Waals surface area contributed by atoms with E-state index >= 15 is 0 Å². The van der Waals surface area contributed by atoms with Crippen molar-refractivity contribution in [2.24, 2.45) is 5.73 Å². The molecular weight excluding hydrogens is 415 g/mol. The van der Waals surface area contributed by atoms with Crippen LogP contribution in [-0.2, 0) is 25.6 Å². The lowest BCUT2D eigenvalue weighted by Gasteiger charge is -2.26. The van der Waals surface area contributed by atoms with Gasteiger partial charge in [-0.05, 0) is 29.2 Å². The number of nitrogens with two attached hydrogens (primary N) is 1. The van der Waals surface area contributed by atoms with Gasteiger partial charge in [-0.3, -0.25) is 19.2 Å². The van der Waals surface area contributed by atoms with E-state index in [0.717, 1.165) is 18.7 Å². The maximum atomic E-state index is 12.5. The average Bonchev–Trinajstić information content (AvgIpc) is 3.33. The van der Waals surface area contributed by atoms with Crippen LogP contribution in [0.5, 0.6) is 0 Å². The molecule has 2 saturated heterocycles. The van der Waals surface area contributed by atoms with E-state index in [-0.39, 0.29) is 23.5 Å². The fraction of sp³-hybridized carbons (Fsp3) is 0.588. The van der Waals surface area contributed by atoms with Crippen molar-refractivity contribution in [1.29, 1.82) is 0 Å². The molecule has 2 aliphatic heterocycles. The Bertz CT molecular complexity index is 745. The molecule has 0 saturated carbocycles. The zero-order chi connectivity index (χ0) is 21.4.